The Bertz CT molecular complexity index is 835. The first-order valence-electron chi connectivity index (χ1n) is 14.8. The number of nitroso groups, excluding NO2 is 1. The van der Waals surface area contributed by atoms with Crippen LogP contribution in [0, 0.1) is 40.4 Å². The fourth-order valence-corrected chi connectivity index (χ4v) is 6.26. The molecule has 1 saturated carbocycles. The highest BCUT2D eigenvalue weighted by Gasteiger charge is 2.37. The summed E-state index contributed by atoms with van der Waals surface area (Å²) >= 11 is 0. The molecule has 1 rings (SSSR count). The molecule has 39 heavy (non-hydrogen) atoms. The van der Waals surface area contributed by atoms with E-state index in [-0.39, 0.29) is 59.3 Å². The van der Waals surface area contributed by atoms with Gasteiger partial charge >= 0.3 is 0 Å². The molecule has 1 N–H and O–H groups in total. The molecule has 0 heterocycles. The second kappa shape index (κ2) is 16.2. The zero-order valence-corrected chi connectivity index (χ0v) is 26.0. The quantitative estimate of drug-likeness (QED) is 0.279. The maximum Gasteiger partial charge on any atom is 0.289 e. The standard InChI is InChI=1S/C30H54N4O5/c1-11-20(6)24(15-16-25(35)23-14-12-13-22(23)17-21(7)28(36)32-39)34(10)30(38)26(18(2)3)31-29(37)27(19(4)5)33(8)9/h18-24,26-27H,11-17H2,1-10H3,(H,31,37)/t20?,21-,22+,23?,24-,26?,27+/m1/s1. The van der Waals surface area contributed by atoms with Gasteiger partial charge in [-0.2, -0.15) is 0 Å². The van der Waals surface area contributed by atoms with Crippen molar-refractivity contribution in [3.63, 3.8) is 0 Å². The summed E-state index contributed by atoms with van der Waals surface area (Å²) in [5.41, 5.74) is 0. The van der Waals surface area contributed by atoms with Gasteiger partial charge in [0.1, 0.15) is 11.8 Å². The van der Waals surface area contributed by atoms with Crippen molar-refractivity contribution in [1.82, 2.24) is 15.1 Å². The summed E-state index contributed by atoms with van der Waals surface area (Å²) in [5, 5.41) is 5.58. The van der Waals surface area contributed by atoms with Gasteiger partial charge in [-0.15, -0.1) is 4.91 Å². The first-order chi connectivity index (χ1) is 18.2. The van der Waals surface area contributed by atoms with Gasteiger partial charge < -0.3 is 10.2 Å². The average Bonchev–Trinajstić information content (AvgIpc) is 3.33. The van der Waals surface area contributed by atoms with Crippen LogP contribution in [0.4, 0.5) is 0 Å². The molecule has 224 valence electrons. The third-order valence-electron chi connectivity index (χ3n) is 8.76. The number of nitrogens with one attached hydrogen (secondary N) is 1. The van der Waals surface area contributed by atoms with Crippen molar-refractivity contribution in [2.24, 2.45) is 40.7 Å². The molecule has 9 heteroatoms. The third kappa shape index (κ3) is 9.76. The van der Waals surface area contributed by atoms with E-state index in [0.29, 0.717) is 19.3 Å². The lowest BCUT2D eigenvalue weighted by Crippen LogP contribution is -2.57. The van der Waals surface area contributed by atoms with Crippen LogP contribution in [0.2, 0.25) is 0 Å². The molecule has 0 spiro atoms. The van der Waals surface area contributed by atoms with Crippen LogP contribution in [0.3, 0.4) is 0 Å². The Morgan fingerprint density at radius 1 is 0.949 bits per heavy atom. The summed E-state index contributed by atoms with van der Waals surface area (Å²) in [4.78, 5) is 66.2. The van der Waals surface area contributed by atoms with Gasteiger partial charge in [-0.3, -0.25) is 24.1 Å². The van der Waals surface area contributed by atoms with Crippen LogP contribution in [0.25, 0.3) is 0 Å². The molecule has 1 fully saturated rings. The number of Topliss-reactive ketones (excluding diaryl/α,β-unsaturated/α-hetero) is 1. The van der Waals surface area contributed by atoms with Crippen LogP contribution in [0.15, 0.2) is 5.18 Å². The van der Waals surface area contributed by atoms with Crippen LogP contribution in [-0.4, -0.2) is 72.6 Å². The molecule has 0 aromatic heterocycles. The second-order valence-corrected chi connectivity index (χ2v) is 12.7. The molecule has 0 bridgehead atoms. The lowest BCUT2D eigenvalue weighted by atomic mass is 9.82. The van der Waals surface area contributed by atoms with E-state index < -0.39 is 17.9 Å². The van der Waals surface area contributed by atoms with Crippen molar-refractivity contribution in [2.45, 2.75) is 112 Å². The number of hydrogen-bond acceptors (Lipinski definition) is 6. The van der Waals surface area contributed by atoms with Crippen LogP contribution >= 0.6 is 0 Å². The molecule has 0 radical (unpaired) electrons. The zero-order valence-electron chi connectivity index (χ0n) is 26.0. The van der Waals surface area contributed by atoms with E-state index in [1.807, 2.05) is 46.7 Å². The molecule has 0 aromatic rings. The maximum absolute atomic E-state index is 13.8. The lowest BCUT2D eigenvalue weighted by Gasteiger charge is -2.37. The Morgan fingerprint density at radius 2 is 1.56 bits per heavy atom. The predicted octanol–water partition coefficient (Wildman–Crippen LogP) is 4.67. The minimum absolute atomic E-state index is 0.0887. The minimum atomic E-state index is -0.657. The van der Waals surface area contributed by atoms with Gasteiger partial charge in [0.2, 0.25) is 11.8 Å². The molecule has 0 saturated heterocycles. The molecule has 0 aliphatic heterocycles. The van der Waals surface area contributed by atoms with Crippen molar-refractivity contribution in [2.75, 3.05) is 21.1 Å². The van der Waals surface area contributed by atoms with Crippen LogP contribution in [-0.2, 0) is 19.2 Å². The summed E-state index contributed by atoms with van der Waals surface area (Å²) < 4.78 is 0. The van der Waals surface area contributed by atoms with E-state index in [1.54, 1.807) is 18.9 Å². The highest BCUT2D eigenvalue weighted by Crippen LogP contribution is 2.38. The normalized spacial score (nSPS) is 21.4. The topological polar surface area (TPSA) is 116 Å². The molecule has 7 atom stereocenters. The maximum atomic E-state index is 13.8. The first-order valence-corrected chi connectivity index (χ1v) is 14.8. The van der Waals surface area contributed by atoms with Crippen LogP contribution < -0.4 is 5.32 Å². The van der Waals surface area contributed by atoms with E-state index in [2.05, 4.69) is 24.3 Å². The van der Waals surface area contributed by atoms with Gasteiger partial charge in [-0.1, -0.05) is 61.3 Å². The highest BCUT2D eigenvalue weighted by molar-refractivity contribution is 5.90. The molecule has 3 unspecified atom stereocenters. The number of carbonyl (C=O) groups is 4. The van der Waals surface area contributed by atoms with E-state index >= 15 is 0 Å². The Kier molecular flexibility index (Phi) is 14.5. The number of rotatable bonds is 16. The molecule has 3 amide bonds. The number of ketones is 1. The number of likely N-dealkylation sites (N-methyl/N-ethyl adjacent to an activating group) is 2. The summed E-state index contributed by atoms with van der Waals surface area (Å²) in [5.74, 6) is -1.09. The molecule has 9 nitrogen and oxygen atoms in total. The Labute approximate surface area is 236 Å². The van der Waals surface area contributed by atoms with E-state index in [4.69, 9.17) is 0 Å². The van der Waals surface area contributed by atoms with E-state index in [1.165, 1.54) is 0 Å². The summed E-state index contributed by atoms with van der Waals surface area (Å²) in [7, 11) is 5.52. The zero-order chi connectivity index (χ0) is 30.0. The average molecular weight is 551 g/mol. The number of nitrogens with zero attached hydrogens (tertiary/aromatic N) is 3. The number of carbonyl (C=O) groups excluding carboxylic acids is 4. The third-order valence-corrected chi connectivity index (χ3v) is 8.76. The summed E-state index contributed by atoms with van der Waals surface area (Å²) in [6.45, 7) is 13.7. The molecule has 1 aliphatic rings. The molecule has 0 aromatic carbocycles. The number of amides is 3. The summed E-state index contributed by atoms with van der Waals surface area (Å²) in [6.07, 6.45) is 4.88. The van der Waals surface area contributed by atoms with Crippen LogP contribution in [0.1, 0.15) is 93.4 Å². The van der Waals surface area contributed by atoms with Crippen LogP contribution in [0.5, 0.6) is 0 Å². The highest BCUT2D eigenvalue weighted by atomic mass is 16.3. The van der Waals surface area contributed by atoms with Crippen molar-refractivity contribution in [3.05, 3.63) is 4.91 Å². The van der Waals surface area contributed by atoms with Gasteiger partial charge in [-0.25, -0.2) is 0 Å². The Balaban J connectivity index is 2.99. The van der Waals surface area contributed by atoms with Gasteiger partial charge in [0.05, 0.1) is 6.04 Å². The minimum Gasteiger partial charge on any atom is -0.343 e. The lowest BCUT2D eigenvalue weighted by molar-refractivity contribution is -0.141. The fourth-order valence-electron chi connectivity index (χ4n) is 6.26. The SMILES string of the molecule is CCC(C)[C@@H](CCC(=O)C1CCC[C@H]1C[C@@H](C)C(=O)N=O)N(C)C(=O)C(NC(=O)[C@H](C(C)C)N(C)C)C(C)C. The Hall–Kier alpha value is -2.16. The summed E-state index contributed by atoms with van der Waals surface area (Å²) in [6, 6.07) is -1.14. The van der Waals surface area contributed by atoms with Crippen molar-refractivity contribution < 1.29 is 19.2 Å². The predicted molar refractivity (Wildman–Crippen MR) is 155 cm³/mol. The van der Waals surface area contributed by atoms with Crippen molar-refractivity contribution >= 4 is 23.5 Å². The smallest absolute Gasteiger partial charge is 0.289 e. The monoisotopic (exact) mass is 550 g/mol. The van der Waals surface area contributed by atoms with E-state index in [9.17, 15) is 24.1 Å². The van der Waals surface area contributed by atoms with Gasteiger partial charge in [0.25, 0.3) is 5.91 Å². The molecular formula is C30H54N4O5. The largest absolute Gasteiger partial charge is 0.343 e. The van der Waals surface area contributed by atoms with E-state index in [0.717, 1.165) is 25.7 Å². The first kappa shape index (κ1) is 34.9. The fraction of sp³-hybridized carbons (Fsp3) is 0.867. The van der Waals surface area contributed by atoms with Gasteiger partial charge in [0.15, 0.2) is 0 Å². The second-order valence-electron chi connectivity index (χ2n) is 12.7. The molecular weight excluding hydrogens is 496 g/mol. The van der Waals surface area contributed by atoms with Crippen molar-refractivity contribution in [1.29, 1.82) is 0 Å². The van der Waals surface area contributed by atoms with Crippen molar-refractivity contribution in [3.8, 4) is 0 Å². The molecule has 1 aliphatic carbocycles. The number of hydrogen-bond donors (Lipinski definition) is 1. The Morgan fingerprint density at radius 3 is 2.05 bits per heavy atom. The van der Waals surface area contributed by atoms with Gasteiger partial charge in [-0.05, 0) is 63.5 Å². The van der Waals surface area contributed by atoms with Gasteiger partial charge in [0, 0.05) is 36.5 Å².